The van der Waals surface area contributed by atoms with Crippen molar-refractivity contribution in [1.82, 2.24) is 5.32 Å². The Balaban J connectivity index is 1.71. The molecule has 2 nitrogen and oxygen atoms in total. The van der Waals surface area contributed by atoms with E-state index in [1.807, 2.05) is 36.4 Å². The zero-order valence-electron chi connectivity index (χ0n) is 10.9. The first kappa shape index (κ1) is 14.2. The molecule has 0 atom stereocenters. The predicted octanol–water partition coefficient (Wildman–Crippen LogP) is 4.99. The third kappa shape index (κ3) is 3.65. The predicted molar refractivity (Wildman–Crippen MR) is 90.5 cm³/mol. The highest BCUT2D eigenvalue weighted by Gasteiger charge is 2.20. The molecule has 0 unspecified atom stereocenters. The lowest BCUT2D eigenvalue weighted by atomic mass is 10.2. The Kier molecular flexibility index (Phi) is 4.48. The van der Waals surface area contributed by atoms with E-state index in [0.717, 1.165) is 15.9 Å². The Hall–Kier alpha value is -0.780. The summed E-state index contributed by atoms with van der Waals surface area (Å²) in [4.78, 5) is 0. The molecule has 2 aromatic rings. The second-order valence-corrected chi connectivity index (χ2v) is 6.52. The lowest BCUT2D eigenvalue weighted by Gasteiger charge is -2.11. The van der Waals surface area contributed by atoms with Crippen LogP contribution in [0, 0.1) is 3.57 Å². The van der Waals surface area contributed by atoms with Crippen molar-refractivity contribution in [1.29, 1.82) is 0 Å². The highest BCUT2D eigenvalue weighted by Crippen LogP contribution is 2.32. The van der Waals surface area contributed by atoms with E-state index in [4.69, 9.17) is 16.3 Å². The number of halogens is 2. The highest BCUT2D eigenvalue weighted by molar-refractivity contribution is 14.1. The molecule has 1 N–H and O–H groups in total. The van der Waals surface area contributed by atoms with Crippen LogP contribution in [-0.2, 0) is 6.54 Å². The molecule has 20 heavy (non-hydrogen) atoms. The van der Waals surface area contributed by atoms with Crippen molar-refractivity contribution in [3.05, 3.63) is 56.6 Å². The molecule has 0 bridgehead atoms. The third-order valence-corrected chi connectivity index (χ3v) is 4.41. The van der Waals surface area contributed by atoms with Crippen LogP contribution in [0.2, 0.25) is 5.02 Å². The van der Waals surface area contributed by atoms with E-state index >= 15 is 0 Å². The summed E-state index contributed by atoms with van der Waals surface area (Å²) in [5.74, 6) is 1.53. The molecule has 0 aromatic heterocycles. The van der Waals surface area contributed by atoms with Gasteiger partial charge >= 0.3 is 0 Å². The second-order valence-electron chi connectivity index (χ2n) is 4.95. The van der Waals surface area contributed by atoms with Crippen molar-refractivity contribution >= 4 is 34.2 Å². The first-order chi connectivity index (χ1) is 9.72. The summed E-state index contributed by atoms with van der Waals surface area (Å²) in [6.45, 7) is 0.869. The Labute approximate surface area is 137 Å². The number of nitrogens with one attached hydrogen (secondary N) is 1. The van der Waals surface area contributed by atoms with Gasteiger partial charge in [-0.15, -0.1) is 0 Å². The van der Waals surface area contributed by atoms with Crippen LogP contribution in [-0.4, -0.2) is 6.04 Å². The lowest BCUT2D eigenvalue weighted by Crippen LogP contribution is -2.15. The minimum Gasteiger partial charge on any atom is -0.455 e. The molecular formula is C16H15ClINO. The van der Waals surface area contributed by atoms with Gasteiger partial charge in [0.15, 0.2) is 0 Å². The Morgan fingerprint density at radius 3 is 2.65 bits per heavy atom. The molecule has 0 spiro atoms. The number of rotatable bonds is 5. The summed E-state index contributed by atoms with van der Waals surface area (Å²) >= 11 is 8.56. The molecule has 2 aromatic carbocycles. The smallest absolute Gasteiger partial charge is 0.146 e. The van der Waals surface area contributed by atoms with Gasteiger partial charge in [0.2, 0.25) is 0 Å². The molecule has 0 heterocycles. The lowest BCUT2D eigenvalue weighted by molar-refractivity contribution is 0.479. The fourth-order valence-corrected chi connectivity index (χ4v) is 2.67. The molecule has 0 amide bonds. The summed E-state index contributed by atoms with van der Waals surface area (Å²) in [7, 11) is 0. The van der Waals surface area contributed by atoms with E-state index in [9.17, 15) is 0 Å². The first-order valence-corrected chi connectivity index (χ1v) is 8.12. The van der Waals surface area contributed by atoms with Crippen LogP contribution < -0.4 is 10.1 Å². The minimum atomic E-state index is 0.653. The van der Waals surface area contributed by atoms with E-state index in [1.165, 1.54) is 18.4 Å². The molecule has 0 aliphatic heterocycles. The molecule has 1 aliphatic carbocycles. The van der Waals surface area contributed by atoms with Gasteiger partial charge in [-0.1, -0.05) is 29.8 Å². The highest BCUT2D eigenvalue weighted by atomic mass is 127. The minimum absolute atomic E-state index is 0.653. The topological polar surface area (TPSA) is 21.3 Å². The summed E-state index contributed by atoms with van der Waals surface area (Å²) in [5, 5.41) is 4.13. The second kappa shape index (κ2) is 6.33. The van der Waals surface area contributed by atoms with Crippen molar-refractivity contribution in [2.24, 2.45) is 0 Å². The van der Waals surface area contributed by atoms with Gasteiger partial charge in [-0.2, -0.15) is 0 Å². The van der Waals surface area contributed by atoms with E-state index in [2.05, 4.69) is 34.0 Å². The van der Waals surface area contributed by atoms with Gasteiger partial charge in [0.25, 0.3) is 0 Å². The number of hydrogen-bond donors (Lipinski definition) is 1. The third-order valence-electron chi connectivity index (χ3n) is 3.23. The number of benzene rings is 2. The number of para-hydroxylation sites is 1. The molecule has 0 radical (unpaired) electrons. The standard InChI is InChI=1S/C16H15ClINO/c17-13-9-11(10-19-12-6-7-12)5-8-15(13)20-16-4-2-1-3-14(16)18/h1-5,8-9,12,19H,6-7,10H2. The van der Waals surface area contributed by atoms with E-state index in [-0.39, 0.29) is 0 Å². The maximum Gasteiger partial charge on any atom is 0.146 e. The van der Waals surface area contributed by atoms with Gasteiger partial charge in [-0.05, 0) is 65.3 Å². The van der Waals surface area contributed by atoms with E-state index < -0.39 is 0 Å². The number of ether oxygens (including phenoxy) is 1. The Morgan fingerprint density at radius 1 is 1.15 bits per heavy atom. The molecule has 0 saturated heterocycles. The van der Waals surface area contributed by atoms with Crippen LogP contribution in [0.25, 0.3) is 0 Å². The summed E-state index contributed by atoms with van der Waals surface area (Å²) in [6.07, 6.45) is 2.59. The molecule has 104 valence electrons. The van der Waals surface area contributed by atoms with Gasteiger partial charge in [0, 0.05) is 12.6 Å². The van der Waals surface area contributed by atoms with Gasteiger partial charge in [-0.25, -0.2) is 0 Å². The van der Waals surface area contributed by atoms with Crippen molar-refractivity contribution in [3.63, 3.8) is 0 Å². The van der Waals surface area contributed by atoms with Gasteiger partial charge in [0.1, 0.15) is 11.5 Å². The monoisotopic (exact) mass is 399 g/mol. The maximum absolute atomic E-state index is 6.31. The SMILES string of the molecule is Clc1cc(CNC2CC2)ccc1Oc1ccccc1I. The van der Waals surface area contributed by atoms with Crippen molar-refractivity contribution in [3.8, 4) is 11.5 Å². The quantitative estimate of drug-likeness (QED) is 0.715. The Morgan fingerprint density at radius 2 is 1.95 bits per heavy atom. The zero-order valence-corrected chi connectivity index (χ0v) is 13.8. The van der Waals surface area contributed by atoms with Gasteiger partial charge < -0.3 is 10.1 Å². The molecule has 3 rings (SSSR count). The van der Waals surface area contributed by atoms with Crippen LogP contribution in [0.1, 0.15) is 18.4 Å². The first-order valence-electron chi connectivity index (χ1n) is 6.66. The molecule has 1 saturated carbocycles. The van der Waals surface area contributed by atoms with Gasteiger partial charge in [0.05, 0.1) is 8.59 Å². The molecule has 1 aliphatic rings. The van der Waals surface area contributed by atoms with Gasteiger partial charge in [-0.3, -0.25) is 0 Å². The van der Waals surface area contributed by atoms with Crippen LogP contribution in [0.4, 0.5) is 0 Å². The van der Waals surface area contributed by atoms with Crippen LogP contribution in [0.15, 0.2) is 42.5 Å². The Bertz CT molecular complexity index is 613. The van der Waals surface area contributed by atoms with E-state index in [0.29, 0.717) is 16.8 Å². The van der Waals surface area contributed by atoms with Crippen LogP contribution in [0.5, 0.6) is 11.5 Å². The van der Waals surface area contributed by atoms with Crippen LogP contribution in [0.3, 0.4) is 0 Å². The summed E-state index contributed by atoms with van der Waals surface area (Å²) in [6, 6.07) is 14.6. The summed E-state index contributed by atoms with van der Waals surface area (Å²) in [5.41, 5.74) is 1.19. The molecule has 4 heteroatoms. The largest absolute Gasteiger partial charge is 0.455 e. The normalized spacial score (nSPS) is 14.3. The fourth-order valence-electron chi connectivity index (χ4n) is 1.93. The fraction of sp³-hybridized carbons (Fsp3) is 0.250. The zero-order chi connectivity index (χ0) is 13.9. The van der Waals surface area contributed by atoms with Crippen molar-refractivity contribution in [2.45, 2.75) is 25.4 Å². The van der Waals surface area contributed by atoms with Crippen molar-refractivity contribution in [2.75, 3.05) is 0 Å². The molecule has 1 fully saturated rings. The van der Waals surface area contributed by atoms with Crippen LogP contribution >= 0.6 is 34.2 Å². The maximum atomic E-state index is 6.31. The average molecular weight is 400 g/mol. The molecular weight excluding hydrogens is 385 g/mol. The summed E-state index contributed by atoms with van der Waals surface area (Å²) < 4.78 is 6.94. The number of hydrogen-bond acceptors (Lipinski definition) is 2. The van der Waals surface area contributed by atoms with Crippen molar-refractivity contribution < 1.29 is 4.74 Å². The van der Waals surface area contributed by atoms with E-state index in [1.54, 1.807) is 0 Å². The average Bonchev–Trinajstić information content (AvgIpc) is 3.26.